The summed E-state index contributed by atoms with van der Waals surface area (Å²) in [6.07, 6.45) is 8.27. The Kier molecular flexibility index (Phi) is 4.94. The quantitative estimate of drug-likeness (QED) is 0.607. The highest BCUT2D eigenvalue weighted by molar-refractivity contribution is 7.89. The van der Waals surface area contributed by atoms with Gasteiger partial charge in [0.15, 0.2) is 0 Å². The van der Waals surface area contributed by atoms with Gasteiger partial charge in [0, 0.05) is 12.5 Å². The van der Waals surface area contributed by atoms with Crippen LogP contribution in [0.2, 0.25) is 0 Å². The fourth-order valence-corrected chi connectivity index (χ4v) is 3.61. The summed E-state index contributed by atoms with van der Waals surface area (Å²) in [6.45, 7) is 3.70. The molecule has 0 bridgehead atoms. The molecule has 4 nitrogen and oxygen atoms in total. The van der Waals surface area contributed by atoms with Gasteiger partial charge < -0.3 is 4.42 Å². The molecular formula is C17H19NO3S. The van der Waals surface area contributed by atoms with Gasteiger partial charge in [0.2, 0.25) is 0 Å². The van der Waals surface area contributed by atoms with Crippen molar-refractivity contribution in [3.05, 3.63) is 54.0 Å². The zero-order chi connectivity index (χ0) is 16.2. The summed E-state index contributed by atoms with van der Waals surface area (Å²) >= 11 is 0. The Morgan fingerprint density at radius 2 is 1.95 bits per heavy atom. The van der Waals surface area contributed by atoms with Gasteiger partial charge in [-0.3, -0.25) is 0 Å². The van der Waals surface area contributed by atoms with Crippen molar-refractivity contribution in [3.8, 4) is 12.5 Å². The van der Waals surface area contributed by atoms with Crippen LogP contribution in [0.25, 0.3) is 0 Å². The van der Waals surface area contributed by atoms with Crippen molar-refractivity contribution in [2.75, 3.05) is 0 Å². The fraction of sp³-hybridized carbons (Fsp3) is 0.294. The summed E-state index contributed by atoms with van der Waals surface area (Å²) in [5.74, 6) is 0.816. The molecule has 116 valence electrons. The third kappa shape index (κ3) is 3.52. The first-order chi connectivity index (χ1) is 10.4. The van der Waals surface area contributed by atoms with Crippen LogP contribution < -0.4 is 0 Å². The Hall–Kier alpha value is -2.19. The van der Waals surface area contributed by atoms with Crippen LogP contribution in [0.15, 0.2) is 52.0 Å². The lowest BCUT2D eigenvalue weighted by Crippen LogP contribution is -2.34. The number of sulfonamides is 1. The largest absolute Gasteiger partial charge is 0.469 e. The first kappa shape index (κ1) is 16.2. The molecule has 1 aromatic heterocycles. The third-order valence-corrected chi connectivity index (χ3v) is 5.35. The molecular weight excluding hydrogens is 298 g/mol. The average Bonchev–Trinajstić information content (AvgIpc) is 2.99. The summed E-state index contributed by atoms with van der Waals surface area (Å²) in [7, 11) is -3.69. The minimum absolute atomic E-state index is 0.209. The van der Waals surface area contributed by atoms with Crippen LogP contribution in [0.1, 0.15) is 24.7 Å². The van der Waals surface area contributed by atoms with Crippen molar-refractivity contribution >= 4 is 10.0 Å². The van der Waals surface area contributed by atoms with Crippen LogP contribution in [0, 0.1) is 19.4 Å². The second-order valence-electron chi connectivity index (χ2n) is 5.21. The normalized spacial score (nSPS) is 12.6. The zero-order valence-electron chi connectivity index (χ0n) is 12.7. The molecule has 0 radical (unpaired) electrons. The molecule has 0 amide bonds. The Balaban J connectivity index is 2.15. The lowest BCUT2D eigenvalue weighted by Gasteiger charge is -2.24. The van der Waals surface area contributed by atoms with E-state index in [-0.39, 0.29) is 10.9 Å². The van der Waals surface area contributed by atoms with Crippen molar-refractivity contribution < 1.29 is 12.8 Å². The van der Waals surface area contributed by atoms with E-state index >= 15 is 0 Å². The fourth-order valence-electron chi connectivity index (χ4n) is 2.18. The Morgan fingerprint density at radius 3 is 2.50 bits per heavy atom. The van der Waals surface area contributed by atoms with E-state index in [4.69, 9.17) is 10.8 Å². The van der Waals surface area contributed by atoms with Crippen LogP contribution in [0.3, 0.4) is 0 Å². The van der Waals surface area contributed by atoms with Gasteiger partial charge in [-0.2, -0.15) is 0 Å². The van der Waals surface area contributed by atoms with E-state index in [0.717, 1.165) is 15.6 Å². The summed E-state index contributed by atoms with van der Waals surface area (Å²) < 4.78 is 31.6. The molecule has 1 atom stereocenters. The molecule has 1 aromatic carbocycles. The highest BCUT2D eigenvalue weighted by Crippen LogP contribution is 2.20. The lowest BCUT2D eigenvalue weighted by atomic mass is 10.1. The van der Waals surface area contributed by atoms with Gasteiger partial charge >= 0.3 is 0 Å². The average molecular weight is 317 g/mol. The highest BCUT2D eigenvalue weighted by Gasteiger charge is 2.26. The maximum Gasteiger partial charge on any atom is 0.271 e. The monoisotopic (exact) mass is 317 g/mol. The Morgan fingerprint density at radius 1 is 1.27 bits per heavy atom. The number of nitrogens with zero attached hydrogens (tertiary/aromatic N) is 1. The smallest absolute Gasteiger partial charge is 0.271 e. The number of benzene rings is 1. The number of terminal acetylenes is 1. The van der Waals surface area contributed by atoms with Crippen molar-refractivity contribution in [1.29, 1.82) is 0 Å². The van der Waals surface area contributed by atoms with Crippen LogP contribution in [-0.2, 0) is 16.4 Å². The van der Waals surface area contributed by atoms with E-state index in [2.05, 4.69) is 6.04 Å². The number of furan rings is 1. The second kappa shape index (κ2) is 6.71. The molecule has 0 aliphatic rings. The molecule has 5 heteroatoms. The summed E-state index contributed by atoms with van der Waals surface area (Å²) in [4.78, 5) is 0.209. The van der Waals surface area contributed by atoms with Crippen molar-refractivity contribution in [2.24, 2.45) is 0 Å². The molecule has 0 N–H and O–H groups in total. The predicted molar refractivity (Wildman–Crippen MR) is 85.5 cm³/mol. The molecule has 1 heterocycles. The maximum atomic E-state index is 12.6. The zero-order valence-corrected chi connectivity index (χ0v) is 13.5. The highest BCUT2D eigenvalue weighted by atomic mass is 32.2. The summed E-state index contributed by atoms with van der Waals surface area (Å²) in [5.41, 5.74) is 0.997. The van der Waals surface area contributed by atoms with Crippen LogP contribution >= 0.6 is 0 Å². The molecule has 0 aliphatic heterocycles. The van der Waals surface area contributed by atoms with Gasteiger partial charge in [-0.15, -0.1) is 0 Å². The lowest BCUT2D eigenvalue weighted by molar-refractivity contribution is 0.399. The van der Waals surface area contributed by atoms with Gasteiger partial charge in [-0.25, -0.2) is 12.7 Å². The topological polar surface area (TPSA) is 50.5 Å². The van der Waals surface area contributed by atoms with Crippen molar-refractivity contribution in [2.45, 2.75) is 37.6 Å². The standard InChI is InChI=1S/C17H19NO3S/c1-4-18(15(3)9-10-16-6-5-13-21-16)22(19,20)17-11-7-14(2)8-12-17/h1,5-8,11-13,15H,9-10H2,2-3H3. The van der Waals surface area contributed by atoms with Crippen molar-refractivity contribution in [3.63, 3.8) is 0 Å². The minimum Gasteiger partial charge on any atom is -0.469 e. The molecule has 1 unspecified atom stereocenters. The van der Waals surface area contributed by atoms with Crippen LogP contribution in [0.4, 0.5) is 0 Å². The van der Waals surface area contributed by atoms with E-state index in [9.17, 15) is 8.42 Å². The van der Waals surface area contributed by atoms with Gasteiger partial charge in [-0.1, -0.05) is 24.1 Å². The van der Waals surface area contributed by atoms with Crippen LogP contribution in [-0.4, -0.2) is 18.8 Å². The first-order valence-corrected chi connectivity index (χ1v) is 8.49. The number of hydrogen-bond acceptors (Lipinski definition) is 3. The SMILES string of the molecule is C#CN(C(C)CCc1ccco1)S(=O)(=O)c1ccc(C)cc1. The van der Waals surface area contributed by atoms with E-state index in [1.54, 1.807) is 37.5 Å². The van der Waals surface area contributed by atoms with E-state index in [1.807, 2.05) is 19.1 Å². The number of rotatable bonds is 6. The van der Waals surface area contributed by atoms with Crippen molar-refractivity contribution in [1.82, 2.24) is 4.31 Å². The van der Waals surface area contributed by atoms with E-state index in [1.165, 1.54) is 0 Å². The molecule has 0 aliphatic carbocycles. The summed E-state index contributed by atoms with van der Waals surface area (Å²) in [5, 5.41) is 0. The molecule has 0 fully saturated rings. The third-order valence-electron chi connectivity index (χ3n) is 3.49. The van der Waals surface area contributed by atoms with E-state index < -0.39 is 10.0 Å². The van der Waals surface area contributed by atoms with Crippen LogP contribution in [0.5, 0.6) is 0 Å². The summed E-state index contributed by atoms with van der Waals surface area (Å²) in [6, 6.07) is 12.3. The molecule has 0 saturated carbocycles. The van der Waals surface area contributed by atoms with Gasteiger partial charge in [-0.05, 0) is 44.5 Å². The van der Waals surface area contributed by atoms with E-state index in [0.29, 0.717) is 12.8 Å². The Labute approximate surface area is 131 Å². The number of aryl methyl sites for hydroxylation is 2. The number of hydrogen-bond donors (Lipinski definition) is 0. The predicted octanol–water partition coefficient (Wildman–Crippen LogP) is 3.19. The maximum absolute atomic E-state index is 12.6. The van der Waals surface area contributed by atoms with Gasteiger partial charge in [0.1, 0.15) is 5.76 Å². The van der Waals surface area contributed by atoms with Gasteiger partial charge in [0.05, 0.1) is 17.2 Å². The molecule has 2 aromatic rings. The van der Waals surface area contributed by atoms with Gasteiger partial charge in [0.25, 0.3) is 10.0 Å². The first-order valence-electron chi connectivity index (χ1n) is 7.05. The molecule has 22 heavy (non-hydrogen) atoms. The molecule has 0 saturated heterocycles. The minimum atomic E-state index is -3.69. The molecule has 2 rings (SSSR count). The second-order valence-corrected chi connectivity index (χ2v) is 7.03. The Bertz CT molecular complexity index is 740. The molecule has 0 spiro atoms.